The molecule has 0 atom stereocenters. The van der Waals surface area contributed by atoms with Crippen molar-refractivity contribution in [3.05, 3.63) is 71.2 Å². The minimum Gasteiger partial charge on any atom is -0.508 e. The molecule has 0 saturated heterocycles. The molecule has 0 fully saturated rings. The minimum absolute atomic E-state index is 0.178. The number of benzene rings is 2. The third-order valence-corrected chi connectivity index (χ3v) is 3.79. The Balaban J connectivity index is 1.58. The zero-order valence-corrected chi connectivity index (χ0v) is 13.3. The molecule has 1 aromatic heterocycles. The second-order valence-corrected chi connectivity index (χ2v) is 5.68. The molecule has 3 N–H and O–H groups in total. The fraction of sp³-hybridized carbons (Fsp3) is 0. The monoisotopic (exact) mass is 338 g/mol. The number of hydrogen-bond acceptors (Lipinski definition) is 6. The summed E-state index contributed by atoms with van der Waals surface area (Å²) in [6.07, 6.45) is 1.49. The van der Waals surface area contributed by atoms with Crippen molar-refractivity contribution in [1.82, 2.24) is 10.4 Å². The highest BCUT2D eigenvalue weighted by Crippen LogP contribution is 2.20. The van der Waals surface area contributed by atoms with Gasteiger partial charge in [0.15, 0.2) is 5.13 Å². The SMILES string of the molecule is O=C(N/N=C/c1ccc(O)cc1)c1csc(Nc2ccccc2)n1. The van der Waals surface area contributed by atoms with Gasteiger partial charge in [0, 0.05) is 11.1 Å². The van der Waals surface area contributed by atoms with Crippen LogP contribution in [0, 0.1) is 0 Å². The lowest BCUT2D eigenvalue weighted by Crippen LogP contribution is -2.18. The number of aromatic hydroxyl groups is 1. The quantitative estimate of drug-likeness (QED) is 0.492. The molecule has 3 aromatic rings. The van der Waals surface area contributed by atoms with Crippen molar-refractivity contribution in [3.8, 4) is 5.75 Å². The van der Waals surface area contributed by atoms with Crippen molar-refractivity contribution < 1.29 is 9.90 Å². The van der Waals surface area contributed by atoms with Crippen LogP contribution in [0.4, 0.5) is 10.8 Å². The maximum absolute atomic E-state index is 12.0. The highest BCUT2D eigenvalue weighted by Gasteiger charge is 2.09. The summed E-state index contributed by atoms with van der Waals surface area (Å²) in [5.74, 6) is -0.209. The lowest BCUT2D eigenvalue weighted by Gasteiger charge is -2.00. The van der Waals surface area contributed by atoms with Gasteiger partial charge in [0.2, 0.25) is 0 Å². The van der Waals surface area contributed by atoms with E-state index in [1.54, 1.807) is 29.6 Å². The van der Waals surface area contributed by atoms with E-state index in [4.69, 9.17) is 0 Å². The van der Waals surface area contributed by atoms with Gasteiger partial charge in [0.25, 0.3) is 5.91 Å². The van der Waals surface area contributed by atoms with Crippen LogP contribution in [0.5, 0.6) is 5.75 Å². The average molecular weight is 338 g/mol. The molecule has 6 nitrogen and oxygen atoms in total. The average Bonchev–Trinajstić information content (AvgIpc) is 3.06. The van der Waals surface area contributed by atoms with Crippen molar-refractivity contribution in [1.29, 1.82) is 0 Å². The van der Waals surface area contributed by atoms with E-state index in [0.29, 0.717) is 10.8 Å². The molecule has 0 aliphatic rings. The Bertz CT molecular complexity index is 845. The molecule has 2 aromatic carbocycles. The molecular formula is C17H14N4O2S. The van der Waals surface area contributed by atoms with Crippen molar-refractivity contribution in [2.45, 2.75) is 0 Å². The maximum Gasteiger partial charge on any atom is 0.290 e. The van der Waals surface area contributed by atoms with Gasteiger partial charge in [0.05, 0.1) is 6.21 Å². The van der Waals surface area contributed by atoms with Gasteiger partial charge in [-0.3, -0.25) is 4.79 Å². The number of phenols is 1. The number of carbonyl (C=O) groups is 1. The first-order valence-corrected chi connectivity index (χ1v) is 7.99. The third kappa shape index (κ3) is 4.17. The first-order chi connectivity index (χ1) is 11.7. The molecule has 24 heavy (non-hydrogen) atoms. The van der Waals surface area contributed by atoms with Crippen LogP contribution in [0.1, 0.15) is 16.1 Å². The summed E-state index contributed by atoms with van der Waals surface area (Å²) in [7, 11) is 0. The first-order valence-electron chi connectivity index (χ1n) is 7.11. The number of rotatable bonds is 5. The van der Waals surface area contributed by atoms with Gasteiger partial charge in [0.1, 0.15) is 11.4 Å². The molecule has 0 aliphatic heterocycles. The molecule has 0 spiro atoms. The predicted molar refractivity (Wildman–Crippen MR) is 95.0 cm³/mol. The Morgan fingerprint density at radius 1 is 1.12 bits per heavy atom. The number of carbonyl (C=O) groups excluding carboxylic acids is 1. The van der Waals surface area contributed by atoms with E-state index in [9.17, 15) is 9.90 Å². The number of para-hydroxylation sites is 1. The van der Waals surface area contributed by atoms with Crippen LogP contribution in [0.2, 0.25) is 0 Å². The second-order valence-electron chi connectivity index (χ2n) is 4.82. The van der Waals surface area contributed by atoms with Crippen LogP contribution in [-0.2, 0) is 0 Å². The van der Waals surface area contributed by atoms with Crippen LogP contribution in [0.25, 0.3) is 0 Å². The van der Waals surface area contributed by atoms with Gasteiger partial charge in [-0.25, -0.2) is 10.4 Å². The molecule has 0 saturated carbocycles. The molecule has 120 valence electrons. The van der Waals surface area contributed by atoms with E-state index in [1.807, 2.05) is 30.3 Å². The Morgan fingerprint density at radius 3 is 2.62 bits per heavy atom. The number of nitrogens with one attached hydrogen (secondary N) is 2. The van der Waals surface area contributed by atoms with Crippen LogP contribution in [-0.4, -0.2) is 22.2 Å². The van der Waals surface area contributed by atoms with E-state index in [2.05, 4.69) is 20.8 Å². The van der Waals surface area contributed by atoms with E-state index in [-0.39, 0.29) is 11.7 Å². The minimum atomic E-state index is -0.387. The fourth-order valence-electron chi connectivity index (χ4n) is 1.86. The number of nitrogens with zero attached hydrogens (tertiary/aromatic N) is 2. The van der Waals surface area contributed by atoms with Crippen LogP contribution in [0.15, 0.2) is 65.1 Å². The summed E-state index contributed by atoms with van der Waals surface area (Å²) >= 11 is 1.34. The van der Waals surface area contributed by atoms with Gasteiger partial charge in [-0.15, -0.1) is 11.3 Å². The number of hydrogen-bond donors (Lipinski definition) is 3. The largest absolute Gasteiger partial charge is 0.508 e. The molecule has 0 unspecified atom stereocenters. The standard InChI is InChI=1S/C17H14N4O2S/c22-14-8-6-12(7-9-14)10-18-21-16(23)15-11-24-17(20-15)19-13-4-2-1-3-5-13/h1-11,22H,(H,19,20)(H,21,23)/b18-10+. The zero-order valence-electron chi connectivity index (χ0n) is 12.5. The molecule has 1 amide bonds. The zero-order chi connectivity index (χ0) is 16.8. The van der Waals surface area contributed by atoms with Crippen LogP contribution < -0.4 is 10.7 Å². The summed E-state index contributed by atoms with van der Waals surface area (Å²) in [6, 6.07) is 16.1. The van der Waals surface area contributed by atoms with Crippen molar-refractivity contribution in [3.63, 3.8) is 0 Å². The molecular weight excluding hydrogens is 324 g/mol. The van der Waals surface area contributed by atoms with Gasteiger partial charge in [-0.1, -0.05) is 18.2 Å². The Labute approximate surface area is 142 Å². The maximum atomic E-state index is 12.0. The fourth-order valence-corrected chi connectivity index (χ4v) is 2.57. The Kier molecular flexibility index (Phi) is 4.83. The lowest BCUT2D eigenvalue weighted by molar-refractivity contribution is 0.0951. The van der Waals surface area contributed by atoms with Crippen molar-refractivity contribution >= 4 is 34.3 Å². The smallest absolute Gasteiger partial charge is 0.290 e. The predicted octanol–water partition coefficient (Wildman–Crippen LogP) is 3.36. The van der Waals surface area contributed by atoms with Gasteiger partial charge in [-0.05, 0) is 42.0 Å². The highest BCUT2D eigenvalue weighted by molar-refractivity contribution is 7.14. The molecule has 0 radical (unpaired) electrons. The summed E-state index contributed by atoms with van der Waals surface area (Å²) in [5.41, 5.74) is 4.38. The molecule has 3 rings (SSSR count). The summed E-state index contributed by atoms with van der Waals surface area (Å²) < 4.78 is 0. The summed E-state index contributed by atoms with van der Waals surface area (Å²) in [6.45, 7) is 0. The summed E-state index contributed by atoms with van der Waals surface area (Å²) in [5, 5.41) is 18.5. The molecule has 0 bridgehead atoms. The Hall–Kier alpha value is -3.19. The number of thiazole rings is 1. The van der Waals surface area contributed by atoms with E-state index >= 15 is 0 Å². The van der Waals surface area contributed by atoms with Gasteiger partial charge >= 0.3 is 0 Å². The van der Waals surface area contributed by atoms with Gasteiger partial charge in [-0.2, -0.15) is 5.10 Å². The normalized spacial score (nSPS) is 10.7. The van der Waals surface area contributed by atoms with Crippen LogP contribution in [0.3, 0.4) is 0 Å². The lowest BCUT2D eigenvalue weighted by atomic mass is 10.2. The molecule has 7 heteroatoms. The topological polar surface area (TPSA) is 86.6 Å². The Morgan fingerprint density at radius 2 is 1.88 bits per heavy atom. The van der Waals surface area contributed by atoms with Gasteiger partial charge < -0.3 is 10.4 Å². The number of phenolic OH excluding ortho intramolecular Hbond substituents is 1. The second kappa shape index (κ2) is 7.38. The van der Waals surface area contributed by atoms with E-state index in [1.165, 1.54) is 17.6 Å². The van der Waals surface area contributed by atoms with Crippen molar-refractivity contribution in [2.24, 2.45) is 5.10 Å². The highest BCUT2D eigenvalue weighted by atomic mass is 32.1. The number of aromatic nitrogens is 1. The van der Waals surface area contributed by atoms with E-state index in [0.717, 1.165) is 11.3 Å². The number of hydrazone groups is 1. The summed E-state index contributed by atoms with van der Waals surface area (Å²) in [4.78, 5) is 16.2. The molecule has 0 aliphatic carbocycles. The van der Waals surface area contributed by atoms with Crippen molar-refractivity contribution in [2.75, 3.05) is 5.32 Å². The number of anilines is 2. The first kappa shape index (κ1) is 15.7. The van der Waals surface area contributed by atoms with E-state index < -0.39 is 0 Å². The van der Waals surface area contributed by atoms with Crippen LogP contribution >= 0.6 is 11.3 Å². The number of amides is 1. The third-order valence-electron chi connectivity index (χ3n) is 3.03. The molecule has 1 heterocycles.